The lowest BCUT2D eigenvalue weighted by atomic mass is 10.1. The van der Waals surface area contributed by atoms with Crippen molar-refractivity contribution in [2.75, 3.05) is 37.6 Å². The molecule has 1 unspecified atom stereocenters. The number of benzene rings is 1. The van der Waals surface area contributed by atoms with Crippen molar-refractivity contribution in [3.8, 4) is 0 Å². The number of carbonyl (C=O) groups excluding carboxylic acids is 1. The number of likely N-dealkylation sites (tertiary alicyclic amines) is 1. The number of guanidine groups is 1. The number of nitrogens with zero attached hydrogens (tertiary/aromatic N) is 3. The van der Waals surface area contributed by atoms with Crippen LogP contribution in [0.1, 0.15) is 45.6 Å². The molecule has 0 aliphatic carbocycles. The molecule has 0 bridgehead atoms. The molecule has 1 aromatic rings. The van der Waals surface area contributed by atoms with Crippen LogP contribution in [0.15, 0.2) is 23.2 Å². The van der Waals surface area contributed by atoms with Crippen molar-refractivity contribution in [1.29, 1.82) is 0 Å². The van der Waals surface area contributed by atoms with Crippen molar-refractivity contribution < 1.29 is 14.3 Å². The van der Waals surface area contributed by atoms with Gasteiger partial charge in [-0.05, 0) is 43.9 Å². The van der Waals surface area contributed by atoms with Crippen molar-refractivity contribution in [2.45, 2.75) is 58.7 Å². The minimum atomic E-state index is -0.277. The molecule has 0 aromatic heterocycles. The summed E-state index contributed by atoms with van der Waals surface area (Å²) in [5.74, 6) is 0.625. The highest BCUT2D eigenvalue weighted by molar-refractivity contribution is 14.0. The Bertz CT molecular complexity index is 784. The van der Waals surface area contributed by atoms with Crippen LogP contribution in [-0.2, 0) is 11.3 Å². The first-order valence-electron chi connectivity index (χ1n) is 11.4. The van der Waals surface area contributed by atoms with E-state index in [1.54, 1.807) is 6.07 Å². The molecule has 32 heavy (non-hydrogen) atoms. The smallest absolute Gasteiger partial charge is 0.225 e. The Balaban J connectivity index is 0.00000363. The number of hydrogen-bond acceptors (Lipinski definition) is 4. The predicted octanol–water partition coefficient (Wildman–Crippen LogP) is 2.72. The van der Waals surface area contributed by atoms with Crippen LogP contribution in [-0.4, -0.2) is 66.7 Å². The van der Waals surface area contributed by atoms with Crippen molar-refractivity contribution in [3.63, 3.8) is 0 Å². The van der Waals surface area contributed by atoms with Gasteiger partial charge in [-0.2, -0.15) is 0 Å². The topological polar surface area (TPSA) is 80.2 Å². The summed E-state index contributed by atoms with van der Waals surface area (Å²) in [7, 11) is 0. The van der Waals surface area contributed by atoms with E-state index in [1.165, 1.54) is 0 Å². The maximum absolute atomic E-state index is 14.7. The predicted molar refractivity (Wildman–Crippen MR) is 137 cm³/mol. The fraction of sp³-hybridized carbons (Fsp3) is 0.652. The summed E-state index contributed by atoms with van der Waals surface area (Å²) in [5, 5.41) is 16.3. The number of halogens is 2. The maximum atomic E-state index is 14.7. The Hall–Kier alpha value is -1.62. The average Bonchev–Trinajstić information content (AvgIpc) is 3.21. The third-order valence-corrected chi connectivity index (χ3v) is 5.92. The van der Waals surface area contributed by atoms with Crippen molar-refractivity contribution in [2.24, 2.45) is 10.9 Å². The third kappa shape index (κ3) is 7.19. The van der Waals surface area contributed by atoms with Crippen LogP contribution in [0.3, 0.4) is 0 Å². The number of anilines is 1. The lowest BCUT2D eigenvalue weighted by molar-refractivity contribution is -0.133. The van der Waals surface area contributed by atoms with Gasteiger partial charge in [0.1, 0.15) is 5.82 Å². The number of nitrogens with one attached hydrogen (secondary N) is 2. The van der Waals surface area contributed by atoms with Crippen molar-refractivity contribution in [1.82, 2.24) is 15.5 Å². The molecular weight excluding hydrogens is 524 g/mol. The number of piperidine rings is 1. The molecule has 7 nitrogen and oxygen atoms in total. The summed E-state index contributed by atoms with van der Waals surface area (Å²) in [5.41, 5.74) is 1.39. The summed E-state index contributed by atoms with van der Waals surface area (Å²) in [4.78, 5) is 20.7. The average molecular weight is 561 g/mol. The fourth-order valence-corrected chi connectivity index (χ4v) is 4.14. The molecule has 1 aromatic carbocycles. The van der Waals surface area contributed by atoms with Gasteiger partial charge >= 0.3 is 0 Å². The molecule has 0 saturated carbocycles. The number of aliphatic hydroxyl groups excluding tert-OH is 1. The van der Waals surface area contributed by atoms with E-state index < -0.39 is 0 Å². The van der Waals surface area contributed by atoms with Crippen molar-refractivity contribution in [3.05, 3.63) is 29.6 Å². The standard InChI is InChI=1S/C23H36FN5O2.HI/c1-4-25-23(27-18-7-10-29(15-18)22(31)16(2)3)26-14-17-5-6-21(20(24)13-17)28-11-8-19(30)9-12-28;/h5-6,13,16,18-19,30H,4,7-12,14-15H2,1-3H3,(H2,25,26,27);1H. The van der Waals surface area contributed by atoms with E-state index in [2.05, 4.69) is 15.6 Å². The molecule has 1 amide bonds. The normalized spacial score (nSPS) is 19.8. The van der Waals surface area contributed by atoms with Crippen LogP contribution in [0.4, 0.5) is 10.1 Å². The van der Waals surface area contributed by atoms with Crippen molar-refractivity contribution >= 4 is 41.5 Å². The Kier molecular flexibility index (Phi) is 10.5. The fourth-order valence-electron chi connectivity index (χ4n) is 4.14. The van der Waals surface area contributed by atoms with E-state index in [-0.39, 0.29) is 53.8 Å². The summed E-state index contributed by atoms with van der Waals surface area (Å²) >= 11 is 0. The molecule has 2 fully saturated rings. The van der Waals surface area contributed by atoms with Crippen LogP contribution in [0, 0.1) is 11.7 Å². The second-order valence-corrected chi connectivity index (χ2v) is 8.77. The number of aliphatic imine (C=N–C) groups is 1. The van der Waals surface area contributed by atoms with Crippen LogP contribution in [0.25, 0.3) is 0 Å². The highest BCUT2D eigenvalue weighted by Gasteiger charge is 2.28. The highest BCUT2D eigenvalue weighted by atomic mass is 127. The number of aliphatic hydroxyl groups is 1. The Morgan fingerprint density at radius 1 is 1.25 bits per heavy atom. The van der Waals surface area contributed by atoms with E-state index in [0.717, 1.165) is 25.1 Å². The van der Waals surface area contributed by atoms with E-state index in [1.807, 2.05) is 42.7 Å². The molecular formula is C23H37FIN5O2. The van der Waals surface area contributed by atoms with E-state index in [0.29, 0.717) is 50.7 Å². The summed E-state index contributed by atoms with van der Waals surface area (Å²) < 4.78 is 14.7. The SMILES string of the molecule is CCNC(=NCc1ccc(N2CCC(O)CC2)c(F)c1)NC1CCN(C(=O)C(C)C)C1.I. The Morgan fingerprint density at radius 3 is 2.59 bits per heavy atom. The van der Waals surface area contributed by atoms with Crippen LogP contribution >= 0.6 is 24.0 Å². The molecule has 2 aliphatic heterocycles. The lowest BCUT2D eigenvalue weighted by Gasteiger charge is -2.31. The molecule has 2 saturated heterocycles. The summed E-state index contributed by atoms with van der Waals surface area (Å²) in [6.07, 6.45) is 1.95. The van der Waals surface area contributed by atoms with Gasteiger partial charge < -0.3 is 25.5 Å². The van der Waals surface area contributed by atoms with Gasteiger partial charge in [-0.25, -0.2) is 9.38 Å². The largest absolute Gasteiger partial charge is 0.393 e. The molecule has 3 rings (SSSR count). The monoisotopic (exact) mass is 561 g/mol. The second-order valence-electron chi connectivity index (χ2n) is 8.77. The zero-order valence-electron chi connectivity index (χ0n) is 19.3. The maximum Gasteiger partial charge on any atom is 0.225 e. The summed E-state index contributed by atoms with van der Waals surface area (Å²) in [6.45, 7) is 9.72. The van der Waals surface area contributed by atoms with Crippen LogP contribution in [0.2, 0.25) is 0 Å². The minimum Gasteiger partial charge on any atom is -0.393 e. The summed E-state index contributed by atoms with van der Waals surface area (Å²) in [6, 6.07) is 5.43. The zero-order valence-corrected chi connectivity index (χ0v) is 21.6. The number of rotatable bonds is 6. The number of hydrogen-bond donors (Lipinski definition) is 3. The zero-order chi connectivity index (χ0) is 22.4. The van der Waals surface area contributed by atoms with E-state index in [4.69, 9.17) is 0 Å². The first kappa shape index (κ1) is 26.6. The second kappa shape index (κ2) is 12.6. The van der Waals surface area contributed by atoms with Gasteiger partial charge in [0, 0.05) is 44.7 Å². The Morgan fingerprint density at radius 2 is 1.97 bits per heavy atom. The van der Waals surface area contributed by atoms with E-state index in [9.17, 15) is 14.3 Å². The molecule has 1 atom stereocenters. The minimum absolute atomic E-state index is 0. The highest BCUT2D eigenvalue weighted by Crippen LogP contribution is 2.24. The van der Waals surface area contributed by atoms with E-state index >= 15 is 0 Å². The van der Waals surface area contributed by atoms with Gasteiger partial charge in [0.25, 0.3) is 0 Å². The molecule has 0 radical (unpaired) electrons. The molecule has 180 valence electrons. The number of carbonyl (C=O) groups is 1. The third-order valence-electron chi connectivity index (χ3n) is 5.92. The Labute approximate surface area is 207 Å². The quantitative estimate of drug-likeness (QED) is 0.283. The first-order valence-corrected chi connectivity index (χ1v) is 11.4. The molecule has 2 aliphatic rings. The van der Waals surface area contributed by atoms with Crippen LogP contribution < -0.4 is 15.5 Å². The van der Waals surface area contributed by atoms with Gasteiger partial charge in [0.05, 0.1) is 18.3 Å². The van der Waals surface area contributed by atoms with Gasteiger partial charge in [-0.15, -0.1) is 24.0 Å². The molecule has 9 heteroatoms. The number of amides is 1. The van der Waals surface area contributed by atoms with Gasteiger partial charge in [0.2, 0.25) is 5.91 Å². The van der Waals surface area contributed by atoms with Gasteiger partial charge in [0.15, 0.2) is 5.96 Å². The lowest BCUT2D eigenvalue weighted by Crippen LogP contribution is -2.45. The molecule has 3 N–H and O–H groups in total. The van der Waals surface area contributed by atoms with Crippen LogP contribution in [0.5, 0.6) is 0 Å². The molecule has 2 heterocycles. The molecule has 0 spiro atoms. The van der Waals surface area contributed by atoms with Gasteiger partial charge in [-0.3, -0.25) is 4.79 Å². The first-order chi connectivity index (χ1) is 14.9. The van der Waals surface area contributed by atoms with Gasteiger partial charge in [-0.1, -0.05) is 19.9 Å².